The summed E-state index contributed by atoms with van der Waals surface area (Å²) in [6, 6.07) is 56.3. The predicted octanol–water partition coefficient (Wildman–Crippen LogP) is 10.5. The number of rotatable bonds is 7. The molecule has 8 rings (SSSR count). The van der Waals surface area contributed by atoms with Crippen LogP contribution < -0.4 is 20.0 Å². The molecule has 222 valence electrons. The Morgan fingerprint density at radius 3 is 1.83 bits per heavy atom. The molecule has 0 spiro atoms. The van der Waals surface area contributed by atoms with Crippen LogP contribution in [-0.2, 0) is 0 Å². The number of benzene rings is 6. The van der Waals surface area contributed by atoms with Gasteiger partial charge in [0.25, 0.3) is 0 Å². The second-order valence-corrected chi connectivity index (χ2v) is 13.3. The number of anilines is 4. The van der Waals surface area contributed by atoms with Crippen molar-refractivity contribution in [2.45, 2.75) is 18.9 Å². The van der Waals surface area contributed by atoms with Gasteiger partial charge in [0.15, 0.2) is 0 Å². The minimum absolute atomic E-state index is 0.155. The molecule has 7 aromatic rings. The zero-order valence-electron chi connectivity index (χ0n) is 25.7. The van der Waals surface area contributed by atoms with Crippen molar-refractivity contribution in [2.75, 3.05) is 10.2 Å². The van der Waals surface area contributed by atoms with Gasteiger partial charge in [-0.05, 0) is 108 Å². The lowest BCUT2D eigenvalue weighted by Crippen LogP contribution is -2.39. The molecule has 1 aliphatic carbocycles. The molecule has 0 aliphatic heterocycles. The van der Waals surface area contributed by atoms with Gasteiger partial charge in [0.05, 0.1) is 5.54 Å². The Morgan fingerprint density at radius 2 is 1.13 bits per heavy atom. The van der Waals surface area contributed by atoms with Crippen LogP contribution in [0.15, 0.2) is 158 Å². The average Bonchev–Trinajstić information content (AvgIpc) is 3.46. The lowest BCUT2D eigenvalue weighted by molar-refractivity contribution is 0.696. The lowest BCUT2D eigenvalue weighted by atomic mass is 9.92. The summed E-state index contributed by atoms with van der Waals surface area (Å²) in [4.78, 5) is 2.32. The number of hydrogen-bond acceptors (Lipinski definition) is 3. The Balaban J connectivity index is 1.11. The molecule has 1 unspecified atom stereocenters. The molecule has 0 fully saturated rings. The highest BCUT2D eigenvalue weighted by molar-refractivity contribution is 7.17. The van der Waals surface area contributed by atoms with Gasteiger partial charge < -0.3 is 10.2 Å². The molecule has 0 radical (unpaired) electrons. The Morgan fingerprint density at radius 1 is 0.565 bits per heavy atom. The van der Waals surface area contributed by atoms with E-state index in [9.17, 15) is 0 Å². The number of nitrogens with one attached hydrogen (secondary N) is 1. The molecule has 2 nitrogen and oxygen atoms in total. The number of thiophene rings is 1. The van der Waals surface area contributed by atoms with Gasteiger partial charge in [-0.15, -0.1) is 11.3 Å². The van der Waals surface area contributed by atoms with E-state index in [0.717, 1.165) is 29.2 Å². The summed E-state index contributed by atoms with van der Waals surface area (Å²) in [5.74, 6) is 0. The first-order valence-corrected chi connectivity index (χ1v) is 16.6. The van der Waals surface area contributed by atoms with Crippen LogP contribution in [0.1, 0.15) is 13.3 Å². The molecule has 3 heteroatoms. The Bertz CT molecular complexity index is 2220. The van der Waals surface area contributed by atoms with E-state index in [1.54, 1.807) is 0 Å². The van der Waals surface area contributed by atoms with Gasteiger partial charge in [0.2, 0.25) is 0 Å². The Labute approximate surface area is 274 Å². The smallest absolute Gasteiger partial charge is 0.0579 e. The first-order chi connectivity index (χ1) is 22.6. The quantitative estimate of drug-likeness (QED) is 0.193. The molecule has 1 aliphatic rings. The fraction of sp³-hybridized carbons (Fsp3) is 0.0698. The third-order valence-electron chi connectivity index (χ3n) is 8.82. The fourth-order valence-electron chi connectivity index (χ4n) is 6.51. The van der Waals surface area contributed by atoms with E-state index < -0.39 is 0 Å². The van der Waals surface area contributed by atoms with Gasteiger partial charge in [-0.1, -0.05) is 103 Å². The number of para-hydroxylation sites is 2. The van der Waals surface area contributed by atoms with Gasteiger partial charge in [0.1, 0.15) is 0 Å². The highest BCUT2D eigenvalue weighted by Crippen LogP contribution is 2.37. The van der Waals surface area contributed by atoms with Crippen LogP contribution in [0, 0.1) is 0 Å². The first kappa shape index (κ1) is 28.1. The van der Waals surface area contributed by atoms with Crippen molar-refractivity contribution in [3.05, 3.63) is 167 Å². The average molecular weight is 611 g/mol. The minimum atomic E-state index is -0.155. The molecule has 1 atom stereocenters. The zero-order valence-corrected chi connectivity index (χ0v) is 26.5. The fourth-order valence-corrected chi connectivity index (χ4v) is 7.79. The molecular weight excluding hydrogens is 577 g/mol. The second-order valence-electron chi connectivity index (χ2n) is 12.2. The minimum Gasteiger partial charge on any atom is -0.376 e. The molecule has 0 bridgehead atoms. The van der Waals surface area contributed by atoms with Crippen molar-refractivity contribution in [3.8, 4) is 22.3 Å². The second kappa shape index (κ2) is 11.8. The molecule has 0 amide bonds. The van der Waals surface area contributed by atoms with Crippen LogP contribution in [0.25, 0.3) is 44.5 Å². The summed E-state index contributed by atoms with van der Waals surface area (Å²) in [6.07, 6.45) is 5.78. The third-order valence-corrected chi connectivity index (χ3v) is 9.96. The van der Waals surface area contributed by atoms with Crippen LogP contribution >= 0.6 is 11.3 Å². The Kier molecular flexibility index (Phi) is 7.24. The van der Waals surface area contributed by atoms with Gasteiger partial charge in [-0.25, -0.2) is 0 Å². The van der Waals surface area contributed by atoms with Crippen LogP contribution in [0.4, 0.5) is 22.7 Å². The van der Waals surface area contributed by atoms with E-state index in [4.69, 9.17) is 0 Å². The van der Waals surface area contributed by atoms with Gasteiger partial charge >= 0.3 is 0 Å². The predicted molar refractivity (Wildman–Crippen MR) is 199 cm³/mol. The maximum absolute atomic E-state index is 3.82. The summed E-state index contributed by atoms with van der Waals surface area (Å²) in [5.41, 5.74) is 9.32. The van der Waals surface area contributed by atoms with Crippen LogP contribution in [0.3, 0.4) is 0 Å². The van der Waals surface area contributed by atoms with Gasteiger partial charge in [-0.2, -0.15) is 0 Å². The summed E-state index contributed by atoms with van der Waals surface area (Å²) in [7, 11) is 0. The largest absolute Gasteiger partial charge is 0.376 e. The monoisotopic (exact) mass is 610 g/mol. The lowest BCUT2D eigenvalue weighted by Gasteiger charge is -2.29. The summed E-state index contributed by atoms with van der Waals surface area (Å²) >= 11 is 1.88. The van der Waals surface area contributed by atoms with Crippen LogP contribution in [0.5, 0.6) is 0 Å². The van der Waals surface area contributed by atoms with Crippen molar-refractivity contribution >= 4 is 56.3 Å². The third kappa shape index (κ3) is 5.51. The highest BCUT2D eigenvalue weighted by Gasteiger charge is 2.23. The maximum Gasteiger partial charge on any atom is 0.0579 e. The molecule has 46 heavy (non-hydrogen) atoms. The molecule has 0 saturated heterocycles. The van der Waals surface area contributed by atoms with E-state index in [1.807, 2.05) is 11.3 Å². The van der Waals surface area contributed by atoms with Crippen LogP contribution in [-0.4, -0.2) is 5.54 Å². The number of nitrogens with zero attached hydrogens (tertiary/aromatic N) is 1. The van der Waals surface area contributed by atoms with E-state index in [-0.39, 0.29) is 5.54 Å². The topological polar surface area (TPSA) is 15.3 Å². The van der Waals surface area contributed by atoms with Crippen molar-refractivity contribution in [2.24, 2.45) is 0 Å². The first-order valence-electron chi connectivity index (χ1n) is 15.8. The normalized spacial score (nSPS) is 15.4. The summed E-state index contributed by atoms with van der Waals surface area (Å²) < 4.78 is 2.66. The molecule has 1 N–H and O–H groups in total. The van der Waals surface area contributed by atoms with E-state index in [1.165, 1.54) is 42.1 Å². The van der Waals surface area contributed by atoms with Crippen LogP contribution in [0.2, 0.25) is 0 Å². The molecule has 6 aromatic carbocycles. The number of hydrogen-bond donors (Lipinski definition) is 1. The number of fused-ring (bicyclic) bond motifs is 3. The van der Waals surface area contributed by atoms with Gasteiger partial charge in [-0.3, -0.25) is 0 Å². The molecule has 1 aromatic heterocycles. The maximum atomic E-state index is 3.82. The Hall–Kier alpha value is -5.38. The summed E-state index contributed by atoms with van der Waals surface area (Å²) in [6.45, 7) is 2.30. The molecule has 1 heterocycles. The van der Waals surface area contributed by atoms with Crippen molar-refractivity contribution in [1.29, 1.82) is 0 Å². The molecular formula is C43H34N2S. The van der Waals surface area contributed by atoms with Crippen molar-refractivity contribution < 1.29 is 0 Å². The molecule has 0 saturated carbocycles. The van der Waals surface area contributed by atoms with E-state index >= 15 is 0 Å². The van der Waals surface area contributed by atoms with Crippen molar-refractivity contribution in [1.82, 2.24) is 0 Å². The SMILES string of the molecule is CC1(Nc2ccc(-c3ccccc3)cc2)C=c2sc3ccc(-c4cccc(N(c5ccccc5)c5ccccc5)c4)cc3c2=CC1. The standard InChI is InChI=1S/C43H34N2S/c1-43(44-35-23-20-32(21-24-35)31-12-5-2-6-13-31)27-26-39-40-29-34(22-25-41(40)46-42(39)30-43)33-14-11-19-38(28-33)45(36-15-7-3-8-16-36)37-17-9-4-10-18-37/h2-26,28-30,44H,27H2,1H3. The summed E-state index contributed by atoms with van der Waals surface area (Å²) in [5, 5.41) is 6.50. The van der Waals surface area contributed by atoms with Gasteiger partial charge in [0, 0.05) is 37.4 Å². The van der Waals surface area contributed by atoms with Crippen molar-refractivity contribution in [3.63, 3.8) is 0 Å². The van der Waals surface area contributed by atoms with E-state index in [0.29, 0.717) is 0 Å². The zero-order chi connectivity index (χ0) is 30.9. The highest BCUT2D eigenvalue weighted by atomic mass is 32.1. The van der Waals surface area contributed by atoms with E-state index in [2.05, 4.69) is 187 Å².